The zero-order chi connectivity index (χ0) is 17.9. The molecule has 0 fully saturated rings. The van der Waals surface area contributed by atoms with Crippen LogP contribution in [0, 0.1) is 0 Å². The van der Waals surface area contributed by atoms with Crippen LogP contribution >= 0.6 is 11.8 Å². The summed E-state index contributed by atoms with van der Waals surface area (Å²) in [5.41, 5.74) is 3.22. The minimum Gasteiger partial charge on any atom is -0.325 e. The highest BCUT2D eigenvalue weighted by Crippen LogP contribution is 2.36. The van der Waals surface area contributed by atoms with Gasteiger partial charge in [-0.2, -0.15) is 11.8 Å². The highest BCUT2D eigenvalue weighted by atomic mass is 32.2. The van der Waals surface area contributed by atoms with E-state index in [1.54, 1.807) is 0 Å². The van der Waals surface area contributed by atoms with Crippen LogP contribution in [-0.4, -0.2) is 17.9 Å². The van der Waals surface area contributed by atoms with Crippen LogP contribution in [0.1, 0.15) is 0 Å². The van der Waals surface area contributed by atoms with Crippen molar-refractivity contribution in [3.05, 3.63) is 78.9 Å². The molecule has 0 saturated carbocycles. The fourth-order valence-corrected chi connectivity index (χ4v) is 3.71. The van der Waals surface area contributed by atoms with Crippen molar-refractivity contribution in [2.45, 2.75) is 0 Å². The lowest BCUT2D eigenvalue weighted by Crippen LogP contribution is -2.13. The van der Waals surface area contributed by atoms with Crippen molar-refractivity contribution in [1.29, 1.82) is 0 Å². The summed E-state index contributed by atoms with van der Waals surface area (Å²) in [6, 6.07) is 27.3. The van der Waals surface area contributed by atoms with Crippen molar-refractivity contribution in [2.75, 3.05) is 17.3 Å². The highest BCUT2D eigenvalue weighted by Gasteiger charge is 2.10. The van der Waals surface area contributed by atoms with Crippen LogP contribution in [0.2, 0.25) is 0 Å². The molecule has 0 aromatic heterocycles. The molecule has 26 heavy (non-hydrogen) atoms. The largest absolute Gasteiger partial charge is 0.325 e. The maximum absolute atomic E-state index is 11.8. The molecule has 0 saturated heterocycles. The number of hydrogen-bond donors (Lipinski definition) is 1. The Labute approximate surface area is 157 Å². The number of amides is 1. The molecule has 0 heterocycles. The summed E-state index contributed by atoms with van der Waals surface area (Å²) in [6.07, 6.45) is 1.92. The van der Waals surface area contributed by atoms with E-state index in [0.717, 1.165) is 11.3 Å². The van der Waals surface area contributed by atoms with Gasteiger partial charge in [-0.3, -0.25) is 4.79 Å². The second-order valence-corrected chi connectivity index (χ2v) is 7.12. The Morgan fingerprint density at radius 1 is 0.846 bits per heavy atom. The average molecular weight is 357 g/mol. The topological polar surface area (TPSA) is 29.1 Å². The number of carbonyl (C=O) groups is 1. The lowest BCUT2D eigenvalue weighted by atomic mass is 9.92. The molecule has 0 bridgehead atoms. The summed E-state index contributed by atoms with van der Waals surface area (Å²) < 4.78 is 0. The molecular weight excluding hydrogens is 338 g/mol. The van der Waals surface area contributed by atoms with Crippen LogP contribution in [0.25, 0.3) is 32.7 Å². The summed E-state index contributed by atoms with van der Waals surface area (Å²) in [7, 11) is 0. The van der Waals surface area contributed by atoms with Crippen molar-refractivity contribution in [2.24, 2.45) is 0 Å². The van der Waals surface area contributed by atoms with Crippen LogP contribution < -0.4 is 5.32 Å². The van der Waals surface area contributed by atoms with Crippen LogP contribution in [0.15, 0.2) is 78.9 Å². The van der Waals surface area contributed by atoms with Gasteiger partial charge in [0.1, 0.15) is 0 Å². The summed E-state index contributed by atoms with van der Waals surface area (Å²) in [5, 5.41) is 7.89. The zero-order valence-electron chi connectivity index (χ0n) is 14.5. The Kier molecular flexibility index (Phi) is 4.63. The lowest BCUT2D eigenvalue weighted by molar-refractivity contribution is -0.113. The zero-order valence-corrected chi connectivity index (χ0v) is 15.3. The van der Waals surface area contributed by atoms with E-state index in [-0.39, 0.29) is 5.91 Å². The standard InChI is InChI=1S/C23H19NOS/c1-26-15-22(25)24-19-12-10-16(11-13-19)23-20-8-4-2-6-17(20)14-18-7-3-5-9-21(18)23/h2-14H,15H2,1H3,(H,24,25). The van der Waals surface area contributed by atoms with Crippen LogP contribution in [0.4, 0.5) is 5.69 Å². The number of fused-ring (bicyclic) bond motifs is 2. The Morgan fingerprint density at radius 3 is 2.00 bits per heavy atom. The molecule has 4 rings (SSSR count). The summed E-state index contributed by atoms with van der Waals surface area (Å²) in [4.78, 5) is 11.8. The molecule has 3 heteroatoms. The van der Waals surface area contributed by atoms with E-state index < -0.39 is 0 Å². The summed E-state index contributed by atoms with van der Waals surface area (Å²) in [6.45, 7) is 0. The SMILES string of the molecule is CSCC(=O)Nc1ccc(-c2c3ccccc3cc3ccccc23)cc1. The van der Waals surface area contributed by atoms with Gasteiger partial charge in [0.05, 0.1) is 5.75 Å². The molecule has 0 aliphatic rings. The molecule has 0 aliphatic carbocycles. The van der Waals surface area contributed by atoms with Crippen LogP contribution in [-0.2, 0) is 4.79 Å². The molecule has 0 radical (unpaired) electrons. The van der Waals surface area contributed by atoms with Gasteiger partial charge in [0.2, 0.25) is 5.91 Å². The molecule has 0 unspecified atom stereocenters. The fraction of sp³-hybridized carbons (Fsp3) is 0.0870. The van der Waals surface area contributed by atoms with Gasteiger partial charge in [-0.1, -0.05) is 60.7 Å². The molecule has 2 nitrogen and oxygen atoms in total. The van der Waals surface area contributed by atoms with E-state index in [2.05, 4.69) is 72.0 Å². The van der Waals surface area contributed by atoms with E-state index in [0.29, 0.717) is 5.75 Å². The predicted octanol–water partition coefficient (Wildman–Crippen LogP) is 5.96. The maximum Gasteiger partial charge on any atom is 0.234 e. The maximum atomic E-state index is 11.8. The molecule has 1 N–H and O–H groups in total. The molecule has 0 aliphatic heterocycles. The molecule has 0 atom stereocenters. The van der Waals surface area contributed by atoms with Gasteiger partial charge in [0.15, 0.2) is 0 Å². The highest BCUT2D eigenvalue weighted by molar-refractivity contribution is 7.99. The minimum atomic E-state index is 0.0286. The number of hydrogen-bond acceptors (Lipinski definition) is 2. The molecule has 0 spiro atoms. The number of anilines is 1. The number of thioether (sulfide) groups is 1. The summed E-state index contributed by atoms with van der Waals surface area (Å²) >= 11 is 1.52. The van der Waals surface area contributed by atoms with Crippen LogP contribution in [0.5, 0.6) is 0 Å². The van der Waals surface area contributed by atoms with E-state index >= 15 is 0 Å². The molecule has 4 aromatic rings. The van der Waals surface area contributed by atoms with Gasteiger partial charge in [0, 0.05) is 5.69 Å². The Morgan fingerprint density at radius 2 is 1.42 bits per heavy atom. The monoisotopic (exact) mass is 357 g/mol. The predicted molar refractivity (Wildman–Crippen MR) is 114 cm³/mol. The Balaban J connectivity index is 1.83. The average Bonchev–Trinajstić information content (AvgIpc) is 2.67. The molecule has 1 amide bonds. The third kappa shape index (κ3) is 3.18. The first kappa shape index (κ1) is 16.7. The lowest BCUT2D eigenvalue weighted by Gasteiger charge is -2.13. The third-order valence-electron chi connectivity index (χ3n) is 4.50. The van der Waals surface area contributed by atoms with Crippen molar-refractivity contribution in [3.8, 4) is 11.1 Å². The molecule has 4 aromatic carbocycles. The summed E-state index contributed by atoms with van der Waals surface area (Å²) in [5.74, 6) is 0.497. The van der Waals surface area contributed by atoms with Gasteiger partial charge in [-0.05, 0) is 57.1 Å². The number of rotatable bonds is 4. The molecular formula is C23H19NOS. The quantitative estimate of drug-likeness (QED) is 0.456. The van der Waals surface area contributed by atoms with Crippen LogP contribution in [0.3, 0.4) is 0 Å². The van der Waals surface area contributed by atoms with Crippen molar-refractivity contribution < 1.29 is 4.79 Å². The normalized spacial score (nSPS) is 11.0. The third-order valence-corrected chi connectivity index (χ3v) is 5.05. The van der Waals surface area contributed by atoms with Gasteiger partial charge in [-0.15, -0.1) is 0 Å². The van der Waals surface area contributed by atoms with Crippen molar-refractivity contribution >= 4 is 44.9 Å². The van der Waals surface area contributed by atoms with Gasteiger partial charge in [0.25, 0.3) is 0 Å². The Bertz CT molecular complexity index is 1030. The number of nitrogens with one attached hydrogen (secondary N) is 1. The van der Waals surface area contributed by atoms with Crippen molar-refractivity contribution in [1.82, 2.24) is 0 Å². The number of carbonyl (C=O) groups excluding carboxylic acids is 1. The van der Waals surface area contributed by atoms with E-state index in [1.807, 2.05) is 18.4 Å². The van der Waals surface area contributed by atoms with Gasteiger partial charge >= 0.3 is 0 Å². The Hall–Kier alpha value is -2.78. The van der Waals surface area contributed by atoms with Crippen molar-refractivity contribution in [3.63, 3.8) is 0 Å². The second-order valence-electron chi connectivity index (χ2n) is 6.25. The van der Waals surface area contributed by atoms with E-state index in [4.69, 9.17) is 0 Å². The van der Waals surface area contributed by atoms with Gasteiger partial charge < -0.3 is 5.32 Å². The van der Waals surface area contributed by atoms with E-state index in [9.17, 15) is 4.79 Å². The second kappa shape index (κ2) is 7.22. The van der Waals surface area contributed by atoms with Gasteiger partial charge in [-0.25, -0.2) is 0 Å². The first-order chi connectivity index (χ1) is 12.8. The minimum absolute atomic E-state index is 0.0286. The molecule has 128 valence electrons. The van der Waals surface area contributed by atoms with E-state index in [1.165, 1.54) is 38.9 Å². The number of benzene rings is 4. The first-order valence-corrected chi connectivity index (χ1v) is 9.95. The fourth-order valence-electron chi connectivity index (χ4n) is 3.37. The smallest absolute Gasteiger partial charge is 0.234 e. The first-order valence-electron chi connectivity index (χ1n) is 8.56.